The Balaban J connectivity index is 2.57. The van der Waals surface area contributed by atoms with Gasteiger partial charge in [0.05, 0.1) is 17.2 Å². The molecule has 0 spiro atoms. The molecule has 0 fully saturated rings. The van der Waals surface area contributed by atoms with Gasteiger partial charge in [-0.1, -0.05) is 18.2 Å². The van der Waals surface area contributed by atoms with Gasteiger partial charge in [-0.25, -0.2) is 0 Å². The van der Waals surface area contributed by atoms with Crippen molar-refractivity contribution in [1.82, 2.24) is 0 Å². The van der Waals surface area contributed by atoms with E-state index in [2.05, 4.69) is 0 Å². The van der Waals surface area contributed by atoms with Gasteiger partial charge < -0.3 is 0 Å². The van der Waals surface area contributed by atoms with E-state index in [1.807, 2.05) is 6.07 Å². The molecular weight excluding hydrogens is 251 g/mol. The van der Waals surface area contributed by atoms with Crippen LogP contribution in [0.5, 0.6) is 0 Å². The molecule has 2 aromatic carbocycles. The van der Waals surface area contributed by atoms with Crippen molar-refractivity contribution in [3.05, 3.63) is 59.2 Å². The summed E-state index contributed by atoms with van der Waals surface area (Å²) in [6.45, 7) is 1.80. The van der Waals surface area contributed by atoms with Crippen LogP contribution in [0.4, 0.5) is 13.2 Å². The third kappa shape index (κ3) is 2.76. The first-order valence-electron chi connectivity index (χ1n) is 5.60. The Bertz CT molecular complexity index is 651. The molecule has 0 aromatic heterocycles. The molecule has 2 rings (SSSR count). The van der Waals surface area contributed by atoms with Gasteiger partial charge in [0, 0.05) is 0 Å². The van der Waals surface area contributed by atoms with E-state index >= 15 is 0 Å². The average Bonchev–Trinajstić information content (AvgIpc) is 2.38. The topological polar surface area (TPSA) is 23.8 Å². The second-order valence-electron chi connectivity index (χ2n) is 4.22. The van der Waals surface area contributed by atoms with Crippen molar-refractivity contribution in [3.63, 3.8) is 0 Å². The minimum Gasteiger partial charge on any atom is -0.192 e. The maximum Gasteiger partial charge on any atom is 0.416 e. The van der Waals surface area contributed by atoms with Gasteiger partial charge in [-0.05, 0) is 47.9 Å². The van der Waals surface area contributed by atoms with E-state index in [0.29, 0.717) is 16.7 Å². The van der Waals surface area contributed by atoms with Crippen LogP contribution in [-0.2, 0) is 6.18 Å². The number of alkyl halides is 3. The van der Waals surface area contributed by atoms with Crippen molar-refractivity contribution in [2.75, 3.05) is 0 Å². The van der Waals surface area contributed by atoms with E-state index < -0.39 is 11.7 Å². The number of rotatable bonds is 1. The van der Waals surface area contributed by atoms with Gasteiger partial charge in [0.2, 0.25) is 0 Å². The highest BCUT2D eigenvalue weighted by Crippen LogP contribution is 2.33. The van der Waals surface area contributed by atoms with Crippen LogP contribution in [0, 0.1) is 18.3 Å². The molecule has 0 heterocycles. The maximum absolute atomic E-state index is 12.7. The zero-order valence-corrected chi connectivity index (χ0v) is 10.1. The number of hydrogen-bond donors (Lipinski definition) is 0. The summed E-state index contributed by atoms with van der Waals surface area (Å²) >= 11 is 0. The van der Waals surface area contributed by atoms with Crippen LogP contribution < -0.4 is 0 Å². The van der Waals surface area contributed by atoms with Gasteiger partial charge >= 0.3 is 6.18 Å². The van der Waals surface area contributed by atoms with Crippen LogP contribution in [0.2, 0.25) is 0 Å². The van der Waals surface area contributed by atoms with Gasteiger partial charge in [-0.15, -0.1) is 0 Å². The first-order valence-corrected chi connectivity index (χ1v) is 5.60. The second kappa shape index (κ2) is 4.77. The number of benzene rings is 2. The fourth-order valence-corrected chi connectivity index (χ4v) is 1.87. The van der Waals surface area contributed by atoms with Crippen molar-refractivity contribution in [2.45, 2.75) is 13.1 Å². The fourth-order valence-electron chi connectivity index (χ4n) is 1.87. The number of nitriles is 1. The van der Waals surface area contributed by atoms with Crippen LogP contribution in [0.25, 0.3) is 11.1 Å². The summed E-state index contributed by atoms with van der Waals surface area (Å²) in [5, 5.41) is 8.85. The fraction of sp³-hybridized carbons (Fsp3) is 0.133. The van der Waals surface area contributed by atoms with Gasteiger partial charge in [0.1, 0.15) is 0 Å². The standard InChI is InChI=1S/C15H10F3N/c1-10-5-6-11(9-19)7-14(10)12-3-2-4-13(8-12)15(16,17)18/h2-8H,1H3. The Morgan fingerprint density at radius 3 is 2.42 bits per heavy atom. The monoisotopic (exact) mass is 261 g/mol. The number of aryl methyl sites for hydroxylation is 1. The zero-order valence-electron chi connectivity index (χ0n) is 10.1. The first-order chi connectivity index (χ1) is 8.91. The summed E-state index contributed by atoms with van der Waals surface area (Å²) in [6, 6.07) is 12.1. The lowest BCUT2D eigenvalue weighted by atomic mass is 9.97. The summed E-state index contributed by atoms with van der Waals surface area (Å²) in [5.41, 5.74) is 1.68. The Kier molecular flexibility index (Phi) is 3.30. The molecule has 1 nitrogen and oxygen atoms in total. The molecule has 0 N–H and O–H groups in total. The van der Waals surface area contributed by atoms with E-state index in [9.17, 15) is 13.2 Å². The van der Waals surface area contributed by atoms with Crippen LogP contribution in [0.1, 0.15) is 16.7 Å². The Hall–Kier alpha value is -2.28. The predicted octanol–water partition coefficient (Wildman–Crippen LogP) is 4.55. The van der Waals surface area contributed by atoms with E-state index in [4.69, 9.17) is 5.26 Å². The lowest BCUT2D eigenvalue weighted by Crippen LogP contribution is -2.04. The molecule has 0 amide bonds. The van der Waals surface area contributed by atoms with Crippen LogP contribution in [-0.4, -0.2) is 0 Å². The molecule has 0 bridgehead atoms. The lowest BCUT2D eigenvalue weighted by Gasteiger charge is -2.10. The van der Waals surface area contributed by atoms with Crippen molar-refractivity contribution >= 4 is 0 Å². The normalized spacial score (nSPS) is 11.1. The van der Waals surface area contributed by atoms with E-state index in [1.165, 1.54) is 6.07 Å². The summed E-state index contributed by atoms with van der Waals surface area (Å²) in [7, 11) is 0. The summed E-state index contributed by atoms with van der Waals surface area (Å²) in [4.78, 5) is 0. The predicted molar refractivity (Wildman–Crippen MR) is 66.3 cm³/mol. The summed E-state index contributed by atoms with van der Waals surface area (Å²) in [5.74, 6) is 0. The molecule has 0 unspecified atom stereocenters. The van der Waals surface area contributed by atoms with E-state index in [0.717, 1.165) is 17.7 Å². The quantitative estimate of drug-likeness (QED) is 0.738. The van der Waals surface area contributed by atoms with E-state index in [-0.39, 0.29) is 0 Å². The minimum atomic E-state index is -4.36. The van der Waals surface area contributed by atoms with Crippen molar-refractivity contribution in [1.29, 1.82) is 5.26 Å². The smallest absolute Gasteiger partial charge is 0.192 e. The highest BCUT2D eigenvalue weighted by molar-refractivity contribution is 5.69. The van der Waals surface area contributed by atoms with Gasteiger partial charge in [0.25, 0.3) is 0 Å². The summed E-state index contributed by atoms with van der Waals surface area (Å²) < 4.78 is 38.0. The third-order valence-electron chi connectivity index (χ3n) is 2.87. The maximum atomic E-state index is 12.7. The number of hydrogen-bond acceptors (Lipinski definition) is 1. The van der Waals surface area contributed by atoms with Crippen molar-refractivity contribution in [2.24, 2.45) is 0 Å². The number of nitrogens with zero attached hydrogens (tertiary/aromatic N) is 1. The third-order valence-corrected chi connectivity index (χ3v) is 2.87. The molecular formula is C15H10F3N. The average molecular weight is 261 g/mol. The van der Waals surface area contributed by atoms with Crippen molar-refractivity contribution < 1.29 is 13.2 Å². The molecule has 0 aliphatic carbocycles. The molecule has 0 aliphatic rings. The minimum absolute atomic E-state index is 0.429. The van der Waals surface area contributed by atoms with Crippen molar-refractivity contribution in [3.8, 4) is 17.2 Å². The highest BCUT2D eigenvalue weighted by atomic mass is 19.4. The summed E-state index contributed by atoms with van der Waals surface area (Å²) in [6.07, 6.45) is -4.36. The molecule has 0 saturated carbocycles. The van der Waals surface area contributed by atoms with Gasteiger partial charge in [-0.2, -0.15) is 18.4 Å². The Morgan fingerprint density at radius 1 is 1.05 bits per heavy atom. The first kappa shape index (κ1) is 13.2. The lowest BCUT2D eigenvalue weighted by molar-refractivity contribution is -0.137. The SMILES string of the molecule is Cc1ccc(C#N)cc1-c1cccc(C(F)(F)F)c1. The molecule has 0 radical (unpaired) electrons. The van der Waals surface area contributed by atoms with E-state index in [1.54, 1.807) is 31.2 Å². The largest absolute Gasteiger partial charge is 0.416 e. The van der Waals surface area contributed by atoms with Crippen LogP contribution in [0.3, 0.4) is 0 Å². The van der Waals surface area contributed by atoms with Gasteiger partial charge in [-0.3, -0.25) is 0 Å². The number of halogens is 3. The Labute approximate surface area is 108 Å². The molecule has 2 aromatic rings. The molecule has 0 aliphatic heterocycles. The second-order valence-corrected chi connectivity index (χ2v) is 4.22. The van der Waals surface area contributed by atoms with Crippen LogP contribution in [0.15, 0.2) is 42.5 Å². The molecule has 4 heteroatoms. The molecule has 0 atom stereocenters. The molecule has 19 heavy (non-hydrogen) atoms. The molecule has 0 saturated heterocycles. The molecule has 96 valence electrons. The Morgan fingerprint density at radius 2 is 1.79 bits per heavy atom. The van der Waals surface area contributed by atoms with Gasteiger partial charge in [0.15, 0.2) is 0 Å². The highest BCUT2D eigenvalue weighted by Gasteiger charge is 2.30. The van der Waals surface area contributed by atoms with Crippen LogP contribution >= 0.6 is 0 Å². The zero-order chi connectivity index (χ0) is 14.0.